The minimum atomic E-state index is -1.05. The van der Waals surface area contributed by atoms with Gasteiger partial charge in [0.25, 0.3) is 0 Å². The smallest absolute Gasteiger partial charge is 0.114 e. The van der Waals surface area contributed by atoms with Gasteiger partial charge in [0, 0.05) is 6.61 Å². The molecule has 0 bridgehead atoms. The van der Waals surface area contributed by atoms with E-state index in [1.54, 1.807) is 0 Å². The van der Waals surface area contributed by atoms with E-state index in [1.165, 1.54) is 51.4 Å². The summed E-state index contributed by atoms with van der Waals surface area (Å²) in [6, 6.07) is 0. The lowest BCUT2D eigenvalue weighted by molar-refractivity contribution is -0.0730. The van der Waals surface area contributed by atoms with Gasteiger partial charge >= 0.3 is 0 Å². The fourth-order valence-corrected chi connectivity index (χ4v) is 3.09. The van der Waals surface area contributed by atoms with Crippen LogP contribution in [0.5, 0.6) is 0 Å². The first kappa shape index (κ1) is 22.6. The number of hydrogen-bond donors (Lipinski definition) is 3. The summed E-state index contributed by atoms with van der Waals surface area (Å²) in [6.07, 6.45) is 13.7. The molecule has 0 amide bonds. The minimum Gasteiger partial charge on any atom is -0.394 e. The summed E-state index contributed by atoms with van der Waals surface area (Å²) in [5.74, 6) is 0. The second-order valence-corrected chi connectivity index (χ2v) is 6.97. The Hall–Kier alpha value is -0.460. The van der Waals surface area contributed by atoms with E-state index in [0.29, 0.717) is 6.61 Å². The molecule has 1 aliphatic rings. The molecule has 0 radical (unpaired) electrons. The van der Waals surface area contributed by atoms with Crippen molar-refractivity contribution < 1.29 is 24.8 Å². The molecule has 0 saturated carbocycles. The first-order valence-corrected chi connectivity index (χ1v) is 10.1. The van der Waals surface area contributed by atoms with Crippen molar-refractivity contribution in [1.29, 1.82) is 0 Å². The third kappa shape index (κ3) is 9.71. The number of ether oxygens (including phenoxy) is 2. The zero-order chi connectivity index (χ0) is 18.3. The summed E-state index contributed by atoms with van der Waals surface area (Å²) in [4.78, 5) is 0. The van der Waals surface area contributed by atoms with Crippen molar-refractivity contribution in [3.05, 3.63) is 12.2 Å². The van der Waals surface area contributed by atoms with Crippen LogP contribution >= 0.6 is 0 Å². The van der Waals surface area contributed by atoms with E-state index in [4.69, 9.17) is 14.6 Å². The Morgan fingerprint density at radius 2 is 1.68 bits per heavy atom. The number of rotatable bonds is 15. The van der Waals surface area contributed by atoms with Crippen molar-refractivity contribution in [2.75, 3.05) is 19.8 Å². The van der Waals surface area contributed by atoms with Gasteiger partial charge in [-0.15, -0.1) is 0 Å². The zero-order valence-electron chi connectivity index (χ0n) is 15.8. The summed E-state index contributed by atoms with van der Waals surface area (Å²) >= 11 is 0. The van der Waals surface area contributed by atoms with Crippen LogP contribution < -0.4 is 0 Å². The van der Waals surface area contributed by atoms with Gasteiger partial charge in [-0.3, -0.25) is 0 Å². The second kappa shape index (κ2) is 14.7. The van der Waals surface area contributed by atoms with Crippen molar-refractivity contribution in [2.24, 2.45) is 0 Å². The number of hydrogen-bond acceptors (Lipinski definition) is 5. The van der Waals surface area contributed by atoms with Crippen LogP contribution in [0.15, 0.2) is 12.2 Å². The Bertz CT molecular complexity index is 334. The van der Waals surface area contributed by atoms with Crippen molar-refractivity contribution in [3.8, 4) is 0 Å². The SMILES string of the molecule is CCC/C=C/CCCCCCCCCO[C@@H]1CO[C@H]([C@@H](O)CO)[C@@H]1O. The van der Waals surface area contributed by atoms with E-state index in [1.807, 2.05) is 0 Å². The average Bonchev–Trinajstić information content (AvgIpc) is 2.99. The summed E-state index contributed by atoms with van der Waals surface area (Å²) in [6.45, 7) is 2.67. The predicted molar refractivity (Wildman–Crippen MR) is 99.6 cm³/mol. The zero-order valence-corrected chi connectivity index (χ0v) is 15.8. The molecule has 1 fully saturated rings. The first-order chi connectivity index (χ1) is 12.2. The van der Waals surface area contributed by atoms with Crippen molar-refractivity contribution in [3.63, 3.8) is 0 Å². The van der Waals surface area contributed by atoms with Gasteiger partial charge in [-0.1, -0.05) is 57.6 Å². The van der Waals surface area contributed by atoms with Crippen LogP contribution in [0.1, 0.15) is 71.1 Å². The Morgan fingerprint density at radius 1 is 1.04 bits per heavy atom. The summed E-state index contributed by atoms with van der Waals surface area (Å²) in [5, 5.41) is 28.5. The predicted octanol–water partition coefficient (Wildman–Crippen LogP) is 2.96. The second-order valence-electron chi connectivity index (χ2n) is 6.97. The number of aliphatic hydroxyl groups excluding tert-OH is 3. The molecular formula is C20H38O5. The molecule has 3 N–H and O–H groups in total. The lowest BCUT2D eigenvalue weighted by atomic mass is 10.1. The Labute approximate surface area is 153 Å². The maximum absolute atomic E-state index is 10.0. The molecule has 25 heavy (non-hydrogen) atoms. The first-order valence-electron chi connectivity index (χ1n) is 10.1. The van der Waals surface area contributed by atoms with Crippen LogP contribution in [0.25, 0.3) is 0 Å². The van der Waals surface area contributed by atoms with Gasteiger partial charge in [0.05, 0.1) is 13.2 Å². The lowest BCUT2D eigenvalue weighted by Crippen LogP contribution is -2.41. The van der Waals surface area contributed by atoms with Crippen LogP contribution in [0.3, 0.4) is 0 Å². The lowest BCUT2D eigenvalue weighted by Gasteiger charge is -2.20. The van der Waals surface area contributed by atoms with Crippen molar-refractivity contribution in [2.45, 2.75) is 95.5 Å². The van der Waals surface area contributed by atoms with Crippen LogP contribution in [0.2, 0.25) is 0 Å². The van der Waals surface area contributed by atoms with Gasteiger partial charge in [-0.05, 0) is 25.7 Å². The third-order valence-electron chi connectivity index (χ3n) is 4.71. The highest BCUT2D eigenvalue weighted by atomic mass is 16.6. The molecule has 148 valence electrons. The fourth-order valence-electron chi connectivity index (χ4n) is 3.09. The highest BCUT2D eigenvalue weighted by Crippen LogP contribution is 2.20. The summed E-state index contributed by atoms with van der Waals surface area (Å²) < 4.78 is 11.0. The van der Waals surface area contributed by atoms with Gasteiger partial charge in [-0.2, -0.15) is 0 Å². The fraction of sp³-hybridized carbons (Fsp3) is 0.900. The van der Waals surface area contributed by atoms with Crippen LogP contribution in [0, 0.1) is 0 Å². The third-order valence-corrected chi connectivity index (χ3v) is 4.71. The van der Waals surface area contributed by atoms with Gasteiger partial charge in [-0.25, -0.2) is 0 Å². The van der Waals surface area contributed by atoms with E-state index in [9.17, 15) is 10.2 Å². The molecule has 0 aromatic carbocycles. The molecule has 0 aromatic heterocycles. The number of aliphatic hydroxyl groups is 3. The van der Waals surface area contributed by atoms with Gasteiger partial charge in [0.15, 0.2) is 0 Å². The summed E-state index contributed by atoms with van der Waals surface area (Å²) in [5.41, 5.74) is 0. The molecule has 5 heteroatoms. The molecule has 0 aliphatic carbocycles. The molecule has 4 atom stereocenters. The topological polar surface area (TPSA) is 79.2 Å². The van der Waals surface area contributed by atoms with E-state index in [2.05, 4.69) is 19.1 Å². The molecular weight excluding hydrogens is 320 g/mol. The van der Waals surface area contributed by atoms with E-state index in [-0.39, 0.29) is 6.61 Å². The van der Waals surface area contributed by atoms with Crippen molar-refractivity contribution in [1.82, 2.24) is 0 Å². The molecule has 0 unspecified atom stereocenters. The number of unbranched alkanes of at least 4 members (excludes halogenated alkanes) is 8. The van der Waals surface area contributed by atoms with Crippen LogP contribution in [-0.4, -0.2) is 59.6 Å². The molecule has 0 spiro atoms. The Kier molecular flexibility index (Phi) is 13.3. The van der Waals surface area contributed by atoms with Gasteiger partial charge < -0.3 is 24.8 Å². The molecule has 1 rings (SSSR count). The standard InChI is InChI=1S/C20H38O5/c1-2-3-4-5-6-7-8-9-10-11-12-13-14-24-18-16-25-20(19(18)23)17(22)15-21/h4-5,17-23H,2-3,6-16H2,1H3/b5-4+/t17-,18+,19+,20+/m0/s1. The van der Waals surface area contributed by atoms with E-state index >= 15 is 0 Å². The quantitative estimate of drug-likeness (QED) is 0.310. The summed E-state index contributed by atoms with van der Waals surface area (Å²) in [7, 11) is 0. The monoisotopic (exact) mass is 358 g/mol. The van der Waals surface area contributed by atoms with Gasteiger partial charge in [0.2, 0.25) is 0 Å². The highest BCUT2D eigenvalue weighted by molar-refractivity contribution is 4.88. The van der Waals surface area contributed by atoms with Crippen LogP contribution in [0.4, 0.5) is 0 Å². The van der Waals surface area contributed by atoms with E-state index in [0.717, 1.165) is 12.8 Å². The average molecular weight is 359 g/mol. The maximum atomic E-state index is 10.0. The minimum absolute atomic E-state index is 0.273. The molecule has 1 aliphatic heterocycles. The van der Waals surface area contributed by atoms with E-state index < -0.39 is 31.0 Å². The normalized spacial score (nSPS) is 25.0. The van der Waals surface area contributed by atoms with Crippen LogP contribution in [-0.2, 0) is 9.47 Å². The van der Waals surface area contributed by atoms with Crippen molar-refractivity contribution >= 4 is 0 Å². The maximum Gasteiger partial charge on any atom is 0.114 e. The Morgan fingerprint density at radius 3 is 2.36 bits per heavy atom. The largest absolute Gasteiger partial charge is 0.394 e. The highest BCUT2D eigenvalue weighted by Gasteiger charge is 2.40. The van der Waals surface area contributed by atoms with Gasteiger partial charge in [0.1, 0.15) is 24.4 Å². The molecule has 1 heterocycles. The Balaban J connectivity index is 1.89. The molecule has 5 nitrogen and oxygen atoms in total. The molecule has 0 aromatic rings. The number of allylic oxidation sites excluding steroid dienone is 2. The molecule has 1 saturated heterocycles.